The SMILES string of the molecule is CC(CN)N(C)C(=O)c1ccncc1O. The maximum Gasteiger partial charge on any atom is 0.257 e. The second kappa shape index (κ2) is 4.75. The van der Waals surface area contributed by atoms with Crippen molar-refractivity contribution < 1.29 is 9.90 Å². The van der Waals surface area contributed by atoms with Crippen LogP contribution in [-0.2, 0) is 0 Å². The second-order valence-electron chi connectivity index (χ2n) is 3.39. The molecule has 1 amide bonds. The smallest absolute Gasteiger partial charge is 0.257 e. The van der Waals surface area contributed by atoms with Crippen LogP contribution in [0.5, 0.6) is 5.75 Å². The average molecular weight is 209 g/mol. The van der Waals surface area contributed by atoms with Crippen molar-refractivity contribution in [3.63, 3.8) is 0 Å². The zero-order valence-corrected chi connectivity index (χ0v) is 8.84. The molecule has 1 heterocycles. The molecule has 0 aliphatic carbocycles. The van der Waals surface area contributed by atoms with Gasteiger partial charge in [0.1, 0.15) is 5.75 Å². The Bertz CT molecular complexity index is 354. The normalized spacial score (nSPS) is 12.2. The molecule has 0 aromatic carbocycles. The Kier molecular flexibility index (Phi) is 3.62. The van der Waals surface area contributed by atoms with Gasteiger partial charge >= 0.3 is 0 Å². The Morgan fingerprint density at radius 1 is 1.73 bits per heavy atom. The Labute approximate surface area is 88.5 Å². The van der Waals surface area contributed by atoms with Gasteiger partial charge in [-0.1, -0.05) is 0 Å². The van der Waals surface area contributed by atoms with Crippen molar-refractivity contribution in [2.45, 2.75) is 13.0 Å². The quantitative estimate of drug-likeness (QED) is 0.745. The molecule has 0 radical (unpaired) electrons. The van der Waals surface area contributed by atoms with Crippen LogP contribution in [0.4, 0.5) is 0 Å². The van der Waals surface area contributed by atoms with Gasteiger partial charge in [0.05, 0.1) is 11.8 Å². The van der Waals surface area contributed by atoms with E-state index in [2.05, 4.69) is 4.98 Å². The molecule has 1 unspecified atom stereocenters. The molecule has 1 atom stereocenters. The monoisotopic (exact) mass is 209 g/mol. The average Bonchev–Trinajstić information content (AvgIpc) is 2.26. The van der Waals surface area contributed by atoms with Crippen LogP contribution in [0.1, 0.15) is 17.3 Å². The zero-order chi connectivity index (χ0) is 11.4. The third-order valence-corrected chi connectivity index (χ3v) is 2.35. The van der Waals surface area contributed by atoms with Crippen LogP contribution in [0.25, 0.3) is 0 Å². The number of nitrogens with two attached hydrogens (primary N) is 1. The maximum absolute atomic E-state index is 11.8. The minimum atomic E-state index is -0.257. The second-order valence-corrected chi connectivity index (χ2v) is 3.39. The van der Waals surface area contributed by atoms with Crippen LogP contribution >= 0.6 is 0 Å². The van der Waals surface area contributed by atoms with Crippen molar-refractivity contribution in [1.29, 1.82) is 0 Å². The molecule has 5 heteroatoms. The van der Waals surface area contributed by atoms with E-state index in [0.717, 1.165) is 0 Å². The largest absolute Gasteiger partial charge is 0.505 e. The number of carbonyl (C=O) groups is 1. The van der Waals surface area contributed by atoms with E-state index in [1.807, 2.05) is 6.92 Å². The van der Waals surface area contributed by atoms with Crippen molar-refractivity contribution >= 4 is 5.91 Å². The van der Waals surface area contributed by atoms with Gasteiger partial charge in [-0.2, -0.15) is 0 Å². The van der Waals surface area contributed by atoms with Crippen molar-refractivity contribution in [2.24, 2.45) is 5.73 Å². The van der Waals surface area contributed by atoms with Gasteiger partial charge < -0.3 is 15.7 Å². The van der Waals surface area contributed by atoms with Gasteiger partial charge in [-0.05, 0) is 13.0 Å². The molecule has 0 bridgehead atoms. The highest BCUT2D eigenvalue weighted by molar-refractivity contribution is 5.96. The van der Waals surface area contributed by atoms with Crippen LogP contribution in [0, 0.1) is 0 Å². The molecular formula is C10H15N3O2. The van der Waals surface area contributed by atoms with Crippen LogP contribution in [-0.4, -0.2) is 40.5 Å². The lowest BCUT2D eigenvalue weighted by Crippen LogP contribution is -2.39. The van der Waals surface area contributed by atoms with Crippen LogP contribution in [0.2, 0.25) is 0 Å². The van der Waals surface area contributed by atoms with Crippen LogP contribution in [0.15, 0.2) is 18.5 Å². The molecule has 1 aromatic rings. The maximum atomic E-state index is 11.8. The number of hydrogen-bond donors (Lipinski definition) is 2. The van der Waals surface area contributed by atoms with Gasteiger partial charge in [-0.3, -0.25) is 9.78 Å². The summed E-state index contributed by atoms with van der Waals surface area (Å²) in [5.41, 5.74) is 5.70. The predicted octanol–water partition coefficient (Wildman–Crippen LogP) is 0.206. The number of rotatable bonds is 3. The summed E-state index contributed by atoms with van der Waals surface area (Å²) in [7, 11) is 1.65. The number of pyridine rings is 1. The number of nitrogens with zero attached hydrogens (tertiary/aromatic N) is 2. The zero-order valence-electron chi connectivity index (χ0n) is 8.84. The highest BCUT2D eigenvalue weighted by Crippen LogP contribution is 2.16. The van der Waals surface area contributed by atoms with Crippen molar-refractivity contribution in [1.82, 2.24) is 9.88 Å². The molecule has 0 aliphatic rings. The van der Waals surface area contributed by atoms with E-state index in [1.54, 1.807) is 7.05 Å². The summed E-state index contributed by atoms with van der Waals surface area (Å²) in [6.45, 7) is 2.23. The van der Waals surface area contributed by atoms with Gasteiger partial charge in [0.25, 0.3) is 5.91 Å². The Hall–Kier alpha value is -1.62. The van der Waals surface area contributed by atoms with E-state index in [9.17, 15) is 9.90 Å². The molecule has 0 saturated heterocycles. The predicted molar refractivity (Wildman–Crippen MR) is 56.5 cm³/mol. The van der Waals surface area contributed by atoms with E-state index >= 15 is 0 Å². The van der Waals surface area contributed by atoms with Gasteiger partial charge in [0, 0.05) is 25.8 Å². The summed E-state index contributed by atoms with van der Waals surface area (Å²) in [6.07, 6.45) is 2.71. The first-order valence-corrected chi connectivity index (χ1v) is 4.68. The summed E-state index contributed by atoms with van der Waals surface area (Å²) in [4.78, 5) is 17.0. The van der Waals surface area contributed by atoms with E-state index < -0.39 is 0 Å². The lowest BCUT2D eigenvalue weighted by Gasteiger charge is -2.23. The fraction of sp³-hybridized carbons (Fsp3) is 0.400. The Morgan fingerprint density at radius 3 is 2.93 bits per heavy atom. The molecule has 3 N–H and O–H groups in total. The topological polar surface area (TPSA) is 79.5 Å². The first-order chi connectivity index (χ1) is 7.07. The summed E-state index contributed by atoms with van der Waals surface area (Å²) in [5.74, 6) is -0.369. The fourth-order valence-electron chi connectivity index (χ4n) is 1.12. The molecule has 0 aliphatic heterocycles. The number of carbonyl (C=O) groups excluding carboxylic acids is 1. The lowest BCUT2D eigenvalue weighted by atomic mass is 10.2. The van der Waals surface area contributed by atoms with Crippen molar-refractivity contribution in [3.05, 3.63) is 24.0 Å². The molecular weight excluding hydrogens is 194 g/mol. The van der Waals surface area contributed by atoms with Gasteiger partial charge in [-0.15, -0.1) is 0 Å². The summed E-state index contributed by atoms with van der Waals surface area (Å²) in [5, 5.41) is 9.44. The van der Waals surface area contributed by atoms with Crippen LogP contribution in [0.3, 0.4) is 0 Å². The van der Waals surface area contributed by atoms with Gasteiger partial charge in [0.15, 0.2) is 0 Å². The minimum absolute atomic E-state index is 0.0648. The van der Waals surface area contributed by atoms with E-state index in [4.69, 9.17) is 5.73 Å². The summed E-state index contributed by atoms with van der Waals surface area (Å²) >= 11 is 0. The fourth-order valence-corrected chi connectivity index (χ4v) is 1.12. The lowest BCUT2D eigenvalue weighted by molar-refractivity contribution is 0.0745. The van der Waals surface area contributed by atoms with E-state index in [-0.39, 0.29) is 23.3 Å². The number of aromatic nitrogens is 1. The summed E-state index contributed by atoms with van der Waals surface area (Å²) < 4.78 is 0. The van der Waals surface area contributed by atoms with Gasteiger partial charge in [-0.25, -0.2) is 0 Å². The van der Waals surface area contributed by atoms with Gasteiger partial charge in [0.2, 0.25) is 0 Å². The first kappa shape index (κ1) is 11.5. The third-order valence-electron chi connectivity index (χ3n) is 2.35. The van der Waals surface area contributed by atoms with Crippen molar-refractivity contribution in [3.8, 4) is 5.75 Å². The van der Waals surface area contributed by atoms with Crippen LogP contribution < -0.4 is 5.73 Å². The molecule has 1 aromatic heterocycles. The number of likely N-dealkylation sites (N-methyl/N-ethyl adjacent to an activating group) is 1. The highest BCUT2D eigenvalue weighted by Gasteiger charge is 2.18. The molecule has 1 rings (SSSR count). The Balaban J connectivity index is 2.90. The molecule has 0 spiro atoms. The Morgan fingerprint density at radius 2 is 2.40 bits per heavy atom. The molecule has 0 saturated carbocycles. The molecule has 15 heavy (non-hydrogen) atoms. The number of hydrogen-bond acceptors (Lipinski definition) is 4. The first-order valence-electron chi connectivity index (χ1n) is 4.68. The summed E-state index contributed by atoms with van der Waals surface area (Å²) in [6, 6.07) is 1.42. The van der Waals surface area contributed by atoms with E-state index in [0.29, 0.717) is 6.54 Å². The highest BCUT2D eigenvalue weighted by atomic mass is 16.3. The van der Waals surface area contributed by atoms with E-state index in [1.165, 1.54) is 23.4 Å². The van der Waals surface area contributed by atoms with Crippen molar-refractivity contribution in [2.75, 3.05) is 13.6 Å². The molecule has 5 nitrogen and oxygen atoms in total. The number of amides is 1. The number of aromatic hydroxyl groups is 1. The minimum Gasteiger partial charge on any atom is -0.505 e. The molecule has 0 fully saturated rings. The third kappa shape index (κ3) is 2.44. The molecule has 82 valence electrons. The standard InChI is InChI=1S/C10H15N3O2/c1-7(5-11)13(2)10(15)8-3-4-12-6-9(8)14/h3-4,6-7,14H,5,11H2,1-2H3.